The number of rotatable bonds is 4. The lowest BCUT2D eigenvalue weighted by Gasteiger charge is -2.24. The van der Waals surface area contributed by atoms with Crippen LogP contribution in [0.1, 0.15) is 25.7 Å². The van der Waals surface area contributed by atoms with Gasteiger partial charge >= 0.3 is 0 Å². The van der Waals surface area contributed by atoms with Gasteiger partial charge in [0.05, 0.1) is 0 Å². The Kier molecular flexibility index (Phi) is 4.00. The lowest BCUT2D eigenvalue weighted by molar-refractivity contribution is 0.243. The highest BCUT2D eigenvalue weighted by atomic mass is 15.2. The highest BCUT2D eigenvalue weighted by Crippen LogP contribution is 2.20. The van der Waals surface area contributed by atoms with Crippen LogP contribution in [-0.4, -0.2) is 62.2 Å². The summed E-state index contributed by atoms with van der Waals surface area (Å²) in [5, 5.41) is 3.73. The topological polar surface area (TPSA) is 18.5 Å². The van der Waals surface area contributed by atoms with Crippen LogP contribution in [0.5, 0.6) is 0 Å². The highest BCUT2D eigenvalue weighted by Gasteiger charge is 2.28. The number of likely N-dealkylation sites (tertiary alicyclic amines) is 1. The number of hydrogen-bond donors (Lipinski definition) is 1. The molecular formula is C12H25N3. The maximum absolute atomic E-state index is 3.73. The van der Waals surface area contributed by atoms with Gasteiger partial charge in [0.2, 0.25) is 0 Å². The zero-order chi connectivity index (χ0) is 10.7. The first-order valence-corrected chi connectivity index (χ1v) is 6.37. The van der Waals surface area contributed by atoms with E-state index in [1.807, 2.05) is 0 Å². The van der Waals surface area contributed by atoms with E-state index in [1.165, 1.54) is 51.9 Å². The monoisotopic (exact) mass is 211 g/mol. The van der Waals surface area contributed by atoms with Gasteiger partial charge in [0, 0.05) is 18.6 Å². The predicted molar refractivity (Wildman–Crippen MR) is 64.2 cm³/mol. The summed E-state index contributed by atoms with van der Waals surface area (Å²) >= 11 is 0. The molecule has 3 heteroatoms. The summed E-state index contributed by atoms with van der Waals surface area (Å²) < 4.78 is 0. The third kappa shape index (κ3) is 3.44. The average molecular weight is 211 g/mol. The molecule has 0 aliphatic carbocycles. The Morgan fingerprint density at radius 2 is 2.00 bits per heavy atom. The molecule has 2 heterocycles. The third-order valence-electron chi connectivity index (χ3n) is 3.69. The fourth-order valence-corrected chi connectivity index (χ4v) is 2.83. The van der Waals surface area contributed by atoms with Crippen LogP contribution in [0.4, 0.5) is 0 Å². The van der Waals surface area contributed by atoms with Gasteiger partial charge in [-0.2, -0.15) is 0 Å². The van der Waals surface area contributed by atoms with Crippen LogP contribution in [-0.2, 0) is 0 Å². The molecule has 15 heavy (non-hydrogen) atoms. The van der Waals surface area contributed by atoms with Gasteiger partial charge in [-0.15, -0.1) is 0 Å². The largest absolute Gasteiger partial charge is 0.310 e. The molecular weight excluding hydrogens is 186 g/mol. The second-order valence-corrected chi connectivity index (χ2v) is 5.38. The molecule has 0 amide bonds. The van der Waals surface area contributed by atoms with Crippen molar-refractivity contribution in [2.75, 3.05) is 40.3 Å². The summed E-state index contributed by atoms with van der Waals surface area (Å²) in [4.78, 5) is 4.93. The second-order valence-electron chi connectivity index (χ2n) is 5.38. The fourth-order valence-electron chi connectivity index (χ4n) is 2.83. The van der Waals surface area contributed by atoms with Gasteiger partial charge in [-0.1, -0.05) is 0 Å². The summed E-state index contributed by atoms with van der Waals surface area (Å²) in [7, 11) is 4.32. The first kappa shape index (κ1) is 11.4. The van der Waals surface area contributed by atoms with Crippen molar-refractivity contribution in [1.29, 1.82) is 0 Å². The summed E-state index contributed by atoms with van der Waals surface area (Å²) in [5.74, 6) is 0. The van der Waals surface area contributed by atoms with Crippen molar-refractivity contribution < 1.29 is 0 Å². The lowest BCUT2D eigenvalue weighted by Crippen LogP contribution is -2.36. The van der Waals surface area contributed by atoms with E-state index in [4.69, 9.17) is 0 Å². The molecule has 0 saturated carbocycles. The van der Waals surface area contributed by atoms with Crippen LogP contribution < -0.4 is 5.32 Å². The summed E-state index contributed by atoms with van der Waals surface area (Å²) in [6.45, 7) is 5.09. The summed E-state index contributed by atoms with van der Waals surface area (Å²) in [6.07, 6.45) is 5.48. The van der Waals surface area contributed by atoms with Gasteiger partial charge in [0.15, 0.2) is 0 Å². The maximum atomic E-state index is 3.73. The third-order valence-corrected chi connectivity index (χ3v) is 3.69. The minimum atomic E-state index is 0.789. The van der Waals surface area contributed by atoms with E-state index in [0.29, 0.717) is 0 Å². The standard InChI is InChI=1S/C12H25N3/c1-14(2)7-3-8-15-9-6-11-4-5-12(10-15)13-11/h11-13H,3-10H2,1-2H3. The molecule has 0 aromatic rings. The van der Waals surface area contributed by atoms with Crippen molar-refractivity contribution in [2.45, 2.75) is 37.8 Å². The lowest BCUT2D eigenvalue weighted by atomic mass is 10.1. The highest BCUT2D eigenvalue weighted by molar-refractivity contribution is 4.89. The Labute approximate surface area is 93.8 Å². The zero-order valence-electron chi connectivity index (χ0n) is 10.2. The van der Waals surface area contributed by atoms with Crippen molar-refractivity contribution in [3.05, 3.63) is 0 Å². The zero-order valence-corrected chi connectivity index (χ0v) is 10.2. The van der Waals surface area contributed by atoms with Crippen molar-refractivity contribution >= 4 is 0 Å². The molecule has 88 valence electrons. The van der Waals surface area contributed by atoms with E-state index < -0.39 is 0 Å². The first-order chi connectivity index (χ1) is 7.24. The number of nitrogens with one attached hydrogen (secondary N) is 1. The molecule has 2 aliphatic heterocycles. The van der Waals surface area contributed by atoms with E-state index in [-0.39, 0.29) is 0 Å². The molecule has 2 unspecified atom stereocenters. The van der Waals surface area contributed by atoms with E-state index in [9.17, 15) is 0 Å². The van der Waals surface area contributed by atoms with Crippen LogP contribution in [0.15, 0.2) is 0 Å². The molecule has 2 rings (SSSR count). The Morgan fingerprint density at radius 1 is 1.20 bits per heavy atom. The molecule has 2 atom stereocenters. The minimum absolute atomic E-state index is 0.789. The van der Waals surface area contributed by atoms with Gasteiger partial charge in [0.1, 0.15) is 0 Å². The predicted octanol–water partition coefficient (Wildman–Crippen LogP) is 0.764. The number of fused-ring (bicyclic) bond motifs is 2. The van der Waals surface area contributed by atoms with Crippen molar-refractivity contribution in [1.82, 2.24) is 15.1 Å². The van der Waals surface area contributed by atoms with Crippen molar-refractivity contribution in [3.63, 3.8) is 0 Å². The molecule has 0 aromatic carbocycles. The Hall–Kier alpha value is -0.120. The minimum Gasteiger partial charge on any atom is -0.310 e. The molecule has 2 aliphatic rings. The van der Waals surface area contributed by atoms with E-state index >= 15 is 0 Å². The molecule has 2 fully saturated rings. The van der Waals surface area contributed by atoms with E-state index in [0.717, 1.165) is 12.1 Å². The van der Waals surface area contributed by atoms with Gasteiger partial charge in [-0.3, -0.25) is 0 Å². The van der Waals surface area contributed by atoms with Crippen LogP contribution in [0.25, 0.3) is 0 Å². The summed E-state index contributed by atoms with van der Waals surface area (Å²) in [5.41, 5.74) is 0. The number of nitrogens with zero attached hydrogens (tertiary/aromatic N) is 2. The Balaban J connectivity index is 1.69. The van der Waals surface area contributed by atoms with Crippen LogP contribution in [0.3, 0.4) is 0 Å². The molecule has 2 bridgehead atoms. The first-order valence-electron chi connectivity index (χ1n) is 6.37. The van der Waals surface area contributed by atoms with Crippen LogP contribution in [0, 0.1) is 0 Å². The Bertz CT molecular complexity index is 193. The maximum Gasteiger partial charge on any atom is 0.0198 e. The molecule has 3 nitrogen and oxygen atoms in total. The van der Waals surface area contributed by atoms with Gasteiger partial charge in [-0.05, 0) is 59.4 Å². The quantitative estimate of drug-likeness (QED) is 0.741. The Morgan fingerprint density at radius 3 is 2.80 bits per heavy atom. The van der Waals surface area contributed by atoms with Gasteiger partial charge in [0.25, 0.3) is 0 Å². The van der Waals surface area contributed by atoms with Crippen LogP contribution in [0.2, 0.25) is 0 Å². The fraction of sp³-hybridized carbons (Fsp3) is 1.00. The smallest absolute Gasteiger partial charge is 0.0198 e. The molecule has 0 aromatic heterocycles. The van der Waals surface area contributed by atoms with E-state index in [1.54, 1.807) is 0 Å². The normalized spacial score (nSPS) is 32.2. The number of hydrogen-bond acceptors (Lipinski definition) is 3. The molecule has 0 radical (unpaired) electrons. The van der Waals surface area contributed by atoms with Gasteiger partial charge in [-0.25, -0.2) is 0 Å². The van der Waals surface area contributed by atoms with Crippen molar-refractivity contribution in [3.8, 4) is 0 Å². The van der Waals surface area contributed by atoms with Crippen molar-refractivity contribution in [2.24, 2.45) is 0 Å². The summed E-state index contributed by atoms with van der Waals surface area (Å²) in [6, 6.07) is 1.62. The van der Waals surface area contributed by atoms with Crippen LogP contribution >= 0.6 is 0 Å². The molecule has 2 saturated heterocycles. The average Bonchev–Trinajstić information content (AvgIpc) is 2.49. The molecule has 1 N–H and O–H groups in total. The molecule has 0 spiro atoms. The van der Waals surface area contributed by atoms with Gasteiger partial charge < -0.3 is 15.1 Å². The SMILES string of the molecule is CN(C)CCCN1CCC2CCC(C1)N2. The van der Waals surface area contributed by atoms with E-state index in [2.05, 4.69) is 29.2 Å². The second kappa shape index (κ2) is 5.28.